The van der Waals surface area contributed by atoms with E-state index in [1.807, 2.05) is 6.92 Å². The van der Waals surface area contributed by atoms with Gasteiger partial charge in [0.25, 0.3) is 0 Å². The molecule has 0 bridgehead atoms. The van der Waals surface area contributed by atoms with Gasteiger partial charge in [0.1, 0.15) is 0 Å². The number of hydrogen-bond acceptors (Lipinski definition) is 4. The average molecular weight is 295 g/mol. The number of fused-ring (bicyclic) bond motifs is 1. The van der Waals surface area contributed by atoms with Crippen LogP contribution in [-0.4, -0.2) is 34.3 Å². The summed E-state index contributed by atoms with van der Waals surface area (Å²) in [7, 11) is 0. The maximum Gasteiger partial charge on any atom is 0.186 e. The van der Waals surface area contributed by atoms with Crippen molar-refractivity contribution in [3.8, 4) is 0 Å². The highest BCUT2D eigenvalue weighted by molar-refractivity contribution is 6.12. The number of carbonyl (C=O) groups is 2. The molecule has 1 aromatic heterocycles. The van der Waals surface area contributed by atoms with Crippen molar-refractivity contribution in [3.63, 3.8) is 0 Å². The van der Waals surface area contributed by atoms with E-state index in [1.54, 1.807) is 43.7 Å². The van der Waals surface area contributed by atoms with Gasteiger partial charge in [-0.25, -0.2) is 4.98 Å². The molecule has 1 N–H and O–H groups in total. The highest BCUT2D eigenvalue weighted by Crippen LogP contribution is 2.12. The first-order valence-electron chi connectivity index (χ1n) is 6.93. The van der Waals surface area contributed by atoms with Crippen molar-refractivity contribution in [2.45, 2.75) is 13.8 Å². The van der Waals surface area contributed by atoms with Gasteiger partial charge in [0.15, 0.2) is 11.6 Å². The Labute approximate surface area is 128 Å². The van der Waals surface area contributed by atoms with E-state index in [-0.39, 0.29) is 11.6 Å². The van der Waals surface area contributed by atoms with E-state index in [1.165, 1.54) is 12.2 Å². The number of H-pyrrole nitrogens is 1. The Morgan fingerprint density at radius 3 is 2.91 bits per heavy atom. The summed E-state index contributed by atoms with van der Waals surface area (Å²) in [6.07, 6.45) is 7.57. The molecule has 5 heteroatoms. The maximum absolute atomic E-state index is 12.1. The van der Waals surface area contributed by atoms with E-state index in [0.717, 1.165) is 11.0 Å². The van der Waals surface area contributed by atoms with Gasteiger partial charge in [0.05, 0.1) is 23.9 Å². The van der Waals surface area contributed by atoms with Crippen LogP contribution in [0.5, 0.6) is 0 Å². The third-order valence-electron chi connectivity index (χ3n) is 3.16. The molecule has 112 valence electrons. The van der Waals surface area contributed by atoms with Gasteiger partial charge in [0, 0.05) is 5.56 Å². The summed E-state index contributed by atoms with van der Waals surface area (Å²) < 4.78 is 0. The van der Waals surface area contributed by atoms with E-state index in [2.05, 4.69) is 15.0 Å². The zero-order valence-electron chi connectivity index (χ0n) is 12.5. The molecule has 0 amide bonds. The van der Waals surface area contributed by atoms with Gasteiger partial charge >= 0.3 is 0 Å². The lowest BCUT2D eigenvalue weighted by atomic mass is 10.1. The molecule has 2 rings (SSSR count). The zero-order valence-corrected chi connectivity index (χ0v) is 12.5. The van der Waals surface area contributed by atoms with Crippen molar-refractivity contribution in [1.82, 2.24) is 9.97 Å². The molecule has 0 spiro atoms. The Kier molecular flexibility index (Phi) is 5.14. The zero-order chi connectivity index (χ0) is 15.9. The number of hydrogen-bond donors (Lipinski definition) is 1. The van der Waals surface area contributed by atoms with Gasteiger partial charge in [-0.3, -0.25) is 14.6 Å². The Hall–Kier alpha value is -2.82. The minimum absolute atomic E-state index is 0.192. The van der Waals surface area contributed by atoms with Crippen molar-refractivity contribution in [2.75, 3.05) is 6.54 Å². The van der Waals surface area contributed by atoms with Crippen LogP contribution in [0.4, 0.5) is 0 Å². The quantitative estimate of drug-likeness (QED) is 0.506. The molecular formula is C17H17N3O2. The molecule has 1 heterocycles. The van der Waals surface area contributed by atoms with Crippen LogP contribution in [0.25, 0.3) is 11.0 Å². The number of aliphatic imine (C=N–C) groups is 1. The second kappa shape index (κ2) is 7.26. The molecule has 1 aromatic carbocycles. The molecule has 0 radical (unpaired) electrons. The standard InChI is InChI=1S/C17H17N3O2/c1-3-18-9-8-12(2)16(21)6-7-17(22)13-4-5-14-15(10-13)20-11-19-14/h3-8,10-11H,9H2,1-2H3,(H,19,20)/b7-6+,12-8+,18-3?. The number of benzene rings is 1. The second-order valence-corrected chi connectivity index (χ2v) is 4.71. The van der Waals surface area contributed by atoms with Gasteiger partial charge < -0.3 is 4.98 Å². The fraction of sp³-hybridized carbons (Fsp3) is 0.176. The largest absolute Gasteiger partial charge is 0.345 e. The molecule has 2 aromatic rings. The van der Waals surface area contributed by atoms with E-state index in [4.69, 9.17) is 0 Å². The first-order valence-corrected chi connectivity index (χ1v) is 6.93. The van der Waals surface area contributed by atoms with Crippen LogP contribution in [0.15, 0.2) is 53.3 Å². The molecule has 0 aliphatic heterocycles. The van der Waals surface area contributed by atoms with Gasteiger partial charge in [-0.1, -0.05) is 6.08 Å². The molecule has 0 aliphatic rings. The van der Waals surface area contributed by atoms with E-state index in [9.17, 15) is 9.59 Å². The number of aromatic amines is 1. The van der Waals surface area contributed by atoms with Crippen molar-refractivity contribution in [3.05, 3.63) is 53.9 Å². The van der Waals surface area contributed by atoms with Crippen LogP contribution in [0.3, 0.4) is 0 Å². The highest BCUT2D eigenvalue weighted by Gasteiger charge is 2.06. The number of imidazole rings is 1. The van der Waals surface area contributed by atoms with E-state index < -0.39 is 0 Å². The topological polar surface area (TPSA) is 75.2 Å². The Balaban J connectivity index is 2.06. The lowest BCUT2D eigenvalue weighted by Crippen LogP contribution is -1.99. The van der Waals surface area contributed by atoms with Crippen molar-refractivity contribution in [1.29, 1.82) is 0 Å². The van der Waals surface area contributed by atoms with Gasteiger partial charge in [0.2, 0.25) is 0 Å². The highest BCUT2D eigenvalue weighted by atomic mass is 16.1. The molecule has 0 unspecified atom stereocenters. The second-order valence-electron chi connectivity index (χ2n) is 4.71. The molecule has 22 heavy (non-hydrogen) atoms. The van der Waals surface area contributed by atoms with Crippen LogP contribution in [0.1, 0.15) is 24.2 Å². The van der Waals surface area contributed by atoms with Gasteiger partial charge in [-0.15, -0.1) is 0 Å². The van der Waals surface area contributed by atoms with Crippen LogP contribution < -0.4 is 0 Å². The summed E-state index contributed by atoms with van der Waals surface area (Å²) in [6, 6.07) is 5.18. The summed E-state index contributed by atoms with van der Waals surface area (Å²) in [5.74, 6) is -0.411. The predicted molar refractivity (Wildman–Crippen MR) is 87.4 cm³/mol. The summed E-state index contributed by atoms with van der Waals surface area (Å²) in [6.45, 7) is 3.99. The molecule has 5 nitrogen and oxygen atoms in total. The third kappa shape index (κ3) is 3.85. The van der Waals surface area contributed by atoms with Crippen LogP contribution in [-0.2, 0) is 4.79 Å². The Morgan fingerprint density at radius 2 is 2.14 bits per heavy atom. The molecule has 0 aliphatic carbocycles. The fourth-order valence-electron chi connectivity index (χ4n) is 1.86. The van der Waals surface area contributed by atoms with Crippen molar-refractivity contribution >= 4 is 28.8 Å². The number of nitrogens with one attached hydrogen (secondary N) is 1. The minimum Gasteiger partial charge on any atom is -0.345 e. The van der Waals surface area contributed by atoms with Gasteiger partial charge in [-0.2, -0.15) is 0 Å². The molecule has 0 atom stereocenters. The molecule has 0 fully saturated rings. The smallest absolute Gasteiger partial charge is 0.186 e. The summed E-state index contributed by atoms with van der Waals surface area (Å²) in [4.78, 5) is 35.0. The molecule has 0 saturated heterocycles. The molecular weight excluding hydrogens is 278 g/mol. The predicted octanol–water partition coefficient (Wildman–Crippen LogP) is 2.91. The number of rotatable bonds is 6. The normalized spacial score (nSPS) is 12.5. The molecule has 0 saturated carbocycles. The maximum atomic E-state index is 12.1. The summed E-state index contributed by atoms with van der Waals surface area (Å²) in [5, 5.41) is 0. The van der Waals surface area contributed by atoms with Crippen LogP contribution >= 0.6 is 0 Å². The SMILES string of the molecule is CC=NC/C=C(\C)C(=O)/C=C/C(=O)c1ccc2nc[nH]c2c1. The first kappa shape index (κ1) is 15.6. The average Bonchev–Trinajstić information content (AvgIpc) is 2.99. The Bertz CT molecular complexity index is 782. The van der Waals surface area contributed by atoms with Crippen LogP contribution in [0, 0.1) is 0 Å². The van der Waals surface area contributed by atoms with Crippen molar-refractivity contribution in [2.24, 2.45) is 4.99 Å². The van der Waals surface area contributed by atoms with Crippen LogP contribution in [0.2, 0.25) is 0 Å². The number of allylic oxidation sites excluding steroid dienone is 3. The number of ketones is 2. The van der Waals surface area contributed by atoms with E-state index >= 15 is 0 Å². The number of carbonyl (C=O) groups excluding carboxylic acids is 2. The number of nitrogens with zero attached hydrogens (tertiary/aromatic N) is 2. The summed E-state index contributed by atoms with van der Waals surface area (Å²) in [5.41, 5.74) is 2.67. The third-order valence-corrected chi connectivity index (χ3v) is 3.16. The minimum atomic E-state index is -0.218. The monoisotopic (exact) mass is 295 g/mol. The van der Waals surface area contributed by atoms with Crippen molar-refractivity contribution < 1.29 is 9.59 Å². The lowest BCUT2D eigenvalue weighted by Gasteiger charge is -1.97. The summed E-state index contributed by atoms with van der Waals surface area (Å²) >= 11 is 0. The lowest BCUT2D eigenvalue weighted by molar-refractivity contribution is -0.111. The number of aromatic nitrogens is 2. The first-order chi connectivity index (χ1) is 10.6. The van der Waals surface area contributed by atoms with E-state index in [0.29, 0.717) is 17.7 Å². The Morgan fingerprint density at radius 1 is 1.32 bits per heavy atom. The fourth-order valence-corrected chi connectivity index (χ4v) is 1.86. The van der Waals surface area contributed by atoms with Gasteiger partial charge in [-0.05, 0) is 56.0 Å².